The zero-order valence-corrected chi connectivity index (χ0v) is 15.0. The molecule has 0 N–H and O–H groups in total. The van der Waals surface area contributed by atoms with Gasteiger partial charge in [0.15, 0.2) is 0 Å². The molecule has 0 aliphatic carbocycles. The molecule has 22 heavy (non-hydrogen) atoms. The molecule has 0 spiro atoms. The minimum Gasteiger partial charge on any atom is -0.0651 e. The Bertz CT molecular complexity index is 607. The molecule has 0 aromatic heterocycles. The lowest BCUT2D eigenvalue weighted by molar-refractivity contribution is 0.865. The van der Waals surface area contributed by atoms with Crippen LogP contribution in [-0.4, -0.2) is 0 Å². The summed E-state index contributed by atoms with van der Waals surface area (Å²) in [7, 11) is 0. The molecule has 120 valence electrons. The average molecular weight is 296 g/mol. The molecule has 0 aliphatic rings. The third-order valence-corrected chi connectivity index (χ3v) is 4.57. The topological polar surface area (TPSA) is 0 Å². The normalized spacial score (nSPS) is 11.3. The summed E-state index contributed by atoms with van der Waals surface area (Å²) in [4.78, 5) is 0. The number of hydrogen-bond acceptors (Lipinski definition) is 0. The van der Waals surface area contributed by atoms with Crippen molar-refractivity contribution in [1.29, 1.82) is 0 Å². The zero-order chi connectivity index (χ0) is 15.9. The summed E-state index contributed by atoms with van der Waals surface area (Å²) in [6.07, 6.45) is 9.76. The van der Waals surface area contributed by atoms with Gasteiger partial charge in [-0.15, -0.1) is 0 Å². The van der Waals surface area contributed by atoms with Crippen LogP contribution in [0.3, 0.4) is 0 Å². The van der Waals surface area contributed by atoms with E-state index in [0.717, 1.165) is 0 Å². The van der Waals surface area contributed by atoms with Crippen molar-refractivity contribution in [3.05, 3.63) is 46.5 Å². The van der Waals surface area contributed by atoms with Crippen LogP contribution in [0.5, 0.6) is 0 Å². The Hall–Kier alpha value is -1.30. The highest BCUT2D eigenvalue weighted by atomic mass is 14.2. The maximum atomic E-state index is 2.49. The van der Waals surface area contributed by atoms with E-state index in [1.807, 2.05) is 0 Å². The molecule has 0 unspecified atom stereocenters. The number of benzene rings is 2. The van der Waals surface area contributed by atoms with Crippen molar-refractivity contribution in [2.45, 2.75) is 79.1 Å². The van der Waals surface area contributed by atoms with E-state index in [1.54, 1.807) is 22.1 Å². The fourth-order valence-corrected chi connectivity index (χ4v) is 3.64. The molecule has 0 atom stereocenters. The first-order chi connectivity index (χ1) is 10.7. The van der Waals surface area contributed by atoms with E-state index in [4.69, 9.17) is 0 Å². The van der Waals surface area contributed by atoms with E-state index in [2.05, 4.69) is 52.0 Å². The molecule has 2 rings (SSSR count). The standard InChI is InChI=1S/C22H32/c1-5-9-17-15-19(11-7-3)21-14-13-18(10-6-2)20(12-8-4)22(21)16-17/h13-16H,5-12H2,1-4H3. The van der Waals surface area contributed by atoms with E-state index in [9.17, 15) is 0 Å². The van der Waals surface area contributed by atoms with Crippen molar-refractivity contribution < 1.29 is 0 Å². The van der Waals surface area contributed by atoms with Crippen molar-refractivity contribution in [3.8, 4) is 0 Å². The van der Waals surface area contributed by atoms with Gasteiger partial charge < -0.3 is 0 Å². The van der Waals surface area contributed by atoms with Gasteiger partial charge in [-0.2, -0.15) is 0 Å². The van der Waals surface area contributed by atoms with Crippen LogP contribution in [-0.2, 0) is 25.7 Å². The van der Waals surface area contributed by atoms with Gasteiger partial charge in [0, 0.05) is 0 Å². The summed E-state index contributed by atoms with van der Waals surface area (Å²) < 4.78 is 0. The van der Waals surface area contributed by atoms with Gasteiger partial charge in [0.05, 0.1) is 0 Å². The molecule has 0 saturated carbocycles. The van der Waals surface area contributed by atoms with Gasteiger partial charge in [0.1, 0.15) is 0 Å². The molecule has 0 nitrogen and oxygen atoms in total. The Labute approximate surface area is 136 Å². The van der Waals surface area contributed by atoms with Gasteiger partial charge in [0.2, 0.25) is 0 Å². The quantitative estimate of drug-likeness (QED) is 0.511. The monoisotopic (exact) mass is 296 g/mol. The molecule has 0 radical (unpaired) electrons. The summed E-state index contributed by atoms with van der Waals surface area (Å²) in [5.74, 6) is 0. The highest BCUT2D eigenvalue weighted by Gasteiger charge is 2.11. The van der Waals surface area contributed by atoms with Crippen LogP contribution in [0.2, 0.25) is 0 Å². The summed E-state index contributed by atoms with van der Waals surface area (Å²) in [6.45, 7) is 9.16. The van der Waals surface area contributed by atoms with Crippen LogP contribution >= 0.6 is 0 Å². The Morgan fingerprint density at radius 3 is 1.86 bits per heavy atom. The van der Waals surface area contributed by atoms with Crippen molar-refractivity contribution in [2.75, 3.05) is 0 Å². The highest BCUT2D eigenvalue weighted by Crippen LogP contribution is 2.30. The Kier molecular flexibility index (Phi) is 6.49. The van der Waals surface area contributed by atoms with Crippen molar-refractivity contribution in [2.24, 2.45) is 0 Å². The SMILES string of the molecule is CCCc1cc(CCC)c2ccc(CCC)c(CCC)c2c1. The van der Waals surface area contributed by atoms with E-state index in [1.165, 1.54) is 62.3 Å². The van der Waals surface area contributed by atoms with Gasteiger partial charge in [0.25, 0.3) is 0 Å². The molecule has 0 fully saturated rings. The van der Waals surface area contributed by atoms with E-state index < -0.39 is 0 Å². The molecule has 0 bridgehead atoms. The smallest absolute Gasteiger partial charge is 0.0144 e. The molecular formula is C22H32. The fraction of sp³-hybridized carbons (Fsp3) is 0.545. The van der Waals surface area contributed by atoms with Crippen LogP contribution in [0.4, 0.5) is 0 Å². The average Bonchev–Trinajstić information content (AvgIpc) is 2.51. The predicted molar refractivity (Wildman–Crippen MR) is 99.9 cm³/mol. The predicted octanol–water partition coefficient (Wildman–Crippen LogP) is 6.65. The van der Waals surface area contributed by atoms with Gasteiger partial charge >= 0.3 is 0 Å². The van der Waals surface area contributed by atoms with E-state index >= 15 is 0 Å². The lowest BCUT2D eigenvalue weighted by Gasteiger charge is -2.16. The van der Waals surface area contributed by atoms with Crippen LogP contribution in [0.15, 0.2) is 24.3 Å². The summed E-state index contributed by atoms with van der Waals surface area (Å²) in [6, 6.07) is 9.74. The molecule has 0 aliphatic heterocycles. The van der Waals surface area contributed by atoms with Crippen LogP contribution in [0, 0.1) is 0 Å². The Morgan fingerprint density at radius 1 is 0.591 bits per heavy atom. The van der Waals surface area contributed by atoms with E-state index in [-0.39, 0.29) is 0 Å². The largest absolute Gasteiger partial charge is 0.0651 e. The summed E-state index contributed by atoms with van der Waals surface area (Å²) >= 11 is 0. The maximum absolute atomic E-state index is 2.49. The Morgan fingerprint density at radius 2 is 1.23 bits per heavy atom. The second-order valence-corrected chi connectivity index (χ2v) is 6.55. The van der Waals surface area contributed by atoms with Crippen LogP contribution < -0.4 is 0 Å². The van der Waals surface area contributed by atoms with Crippen LogP contribution in [0.25, 0.3) is 10.8 Å². The molecule has 2 aromatic rings. The first kappa shape index (κ1) is 17.1. The molecule has 0 heterocycles. The minimum absolute atomic E-state index is 1.20. The molecular weight excluding hydrogens is 264 g/mol. The second kappa shape index (κ2) is 8.36. The molecule has 0 amide bonds. The summed E-state index contributed by atoms with van der Waals surface area (Å²) in [5, 5.41) is 3.05. The third kappa shape index (κ3) is 3.72. The van der Waals surface area contributed by atoms with Gasteiger partial charge in [-0.1, -0.05) is 77.6 Å². The van der Waals surface area contributed by atoms with E-state index in [0.29, 0.717) is 0 Å². The highest BCUT2D eigenvalue weighted by molar-refractivity contribution is 5.90. The number of aryl methyl sites for hydroxylation is 4. The van der Waals surface area contributed by atoms with Crippen LogP contribution in [0.1, 0.15) is 75.6 Å². The molecule has 0 saturated heterocycles. The van der Waals surface area contributed by atoms with Crippen molar-refractivity contribution in [1.82, 2.24) is 0 Å². The maximum Gasteiger partial charge on any atom is -0.0144 e. The summed E-state index contributed by atoms with van der Waals surface area (Å²) in [5.41, 5.74) is 6.29. The molecule has 2 aromatic carbocycles. The Balaban J connectivity index is 2.67. The van der Waals surface area contributed by atoms with Crippen molar-refractivity contribution in [3.63, 3.8) is 0 Å². The fourth-order valence-electron chi connectivity index (χ4n) is 3.64. The zero-order valence-electron chi connectivity index (χ0n) is 15.0. The number of rotatable bonds is 8. The minimum atomic E-state index is 1.20. The lowest BCUT2D eigenvalue weighted by Crippen LogP contribution is -1.99. The number of fused-ring (bicyclic) bond motifs is 1. The van der Waals surface area contributed by atoms with Gasteiger partial charge in [-0.05, 0) is 58.7 Å². The molecule has 0 heteroatoms. The number of hydrogen-bond donors (Lipinski definition) is 0. The first-order valence-corrected chi connectivity index (χ1v) is 9.31. The van der Waals surface area contributed by atoms with Gasteiger partial charge in [-0.25, -0.2) is 0 Å². The van der Waals surface area contributed by atoms with Gasteiger partial charge in [-0.3, -0.25) is 0 Å². The lowest BCUT2D eigenvalue weighted by atomic mass is 9.88. The second-order valence-electron chi connectivity index (χ2n) is 6.55. The first-order valence-electron chi connectivity index (χ1n) is 9.31. The van der Waals surface area contributed by atoms with Crippen molar-refractivity contribution >= 4 is 10.8 Å². The third-order valence-electron chi connectivity index (χ3n) is 4.57.